The van der Waals surface area contributed by atoms with Crippen molar-refractivity contribution in [1.82, 2.24) is 9.97 Å². The number of allylic oxidation sites excluding steroid dienone is 1. The maximum absolute atomic E-state index is 5.91. The van der Waals surface area contributed by atoms with Gasteiger partial charge in [-0.3, -0.25) is 0 Å². The number of nitrogens with two attached hydrogens (primary N) is 2. The molecule has 0 fully saturated rings. The highest BCUT2D eigenvalue weighted by Crippen LogP contribution is 2.36. The summed E-state index contributed by atoms with van der Waals surface area (Å²) in [4.78, 5) is 7.98. The quantitative estimate of drug-likeness (QED) is 0.851. The topological polar surface area (TPSA) is 96.3 Å². The van der Waals surface area contributed by atoms with Crippen LogP contribution < -0.4 is 20.9 Å². The van der Waals surface area contributed by atoms with Gasteiger partial charge in [-0.25, -0.2) is 4.98 Å². The number of hydrogen-bond donors (Lipinski definition) is 2. The van der Waals surface area contributed by atoms with Crippen LogP contribution in [0.1, 0.15) is 30.5 Å². The van der Waals surface area contributed by atoms with E-state index in [4.69, 9.17) is 20.9 Å². The summed E-state index contributed by atoms with van der Waals surface area (Å²) in [6, 6.07) is 3.91. The number of anilines is 2. The van der Waals surface area contributed by atoms with Gasteiger partial charge in [0.2, 0.25) is 5.95 Å². The van der Waals surface area contributed by atoms with Gasteiger partial charge in [0.05, 0.1) is 19.3 Å². The van der Waals surface area contributed by atoms with Crippen molar-refractivity contribution < 1.29 is 9.47 Å². The molecule has 0 aliphatic carbocycles. The Bertz CT molecular complexity index is 729. The van der Waals surface area contributed by atoms with Crippen LogP contribution in [0, 0.1) is 0 Å². The summed E-state index contributed by atoms with van der Waals surface area (Å²) in [5.74, 6) is 1.99. The van der Waals surface area contributed by atoms with Crippen molar-refractivity contribution in [3.63, 3.8) is 0 Å². The highest BCUT2D eigenvalue weighted by Gasteiger charge is 2.15. The first kappa shape index (κ1) is 16.6. The molecular formula is C17H22N4O2. The molecule has 0 saturated heterocycles. The highest BCUT2D eigenvalue weighted by atomic mass is 16.5. The van der Waals surface area contributed by atoms with E-state index in [9.17, 15) is 0 Å². The lowest BCUT2D eigenvalue weighted by Crippen LogP contribution is -2.05. The summed E-state index contributed by atoms with van der Waals surface area (Å²) >= 11 is 0. The van der Waals surface area contributed by atoms with Crippen LogP contribution in [0.4, 0.5) is 11.8 Å². The van der Waals surface area contributed by atoms with E-state index < -0.39 is 0 Å². The zero-order chi connectivity index (χ0) is 17.0. The minimum atomic E-state index is 0.163. The Kier molecular flexibility index (Phi) is 5.05. The third-order valence-electron chi connectivity index (χ3n) is 3.38. The van der Waals surface area contributed by atoms with Gasteiger partial charge in [0.15, 0.2) is 0 Å². The van der Waals surface area contributed by atoms with E-state index in [0.29, 0.717) is 24.6 Å². The molecular weight excluding hydrogens is 292 g/mol. The minimum Gasteiger partial charge on any atom is -0.496 e. The molecule has 23 heavy (non-hydrogen) atoms. The third-order valence-corrected chi connectivity index (χ3v) is 3.38. The fraction of sp³-hybridized carbons (Fsp3) is 0.294. The van der Waals surface area contributed by atoms with E-state index in [1.807, 2.05) is 26.0 Å². The Labute approximate surface area is 136 Å². The Morgan fingerprint density at radius 2 is 1.96 bits per heavy atom. The minimum absolute atomic E-state index is 0.163. The van der Waals surface area contributed by atoms with Crippen LogP contribution in [-0.4, -0.2) is 23.7 Å². The van der Waals surface area contributed by atoms with Gasteiger partial charge in [0.1, 0.15) is 17.3 Å². The Morgan fingerprint density at radius 3 is 2.52 bits per heavy atom. The van der Waals surface area contributed by atoms with Gasteiger partial charge < -0.3 is 20.9 Å². The number of hydrogen-bond acceptors (Lipinski definition) is 6. The number of rotatable bonds is 6. The normalized spacial score (nSPS) is 10.4. The van der Waals surface area contributed by atoms with Gasteiger partial charge in [-0.15, -0.1) is 0 Å². The smallest absolute Gasteiger partial charge is 0.221 e. The molecule has 1 aromatic heterocycles. The Morgan fingerprint density at radius 1 is 1.26 bits per heavy atom. The van der Waals surface area contributed by atoms with Crippen molar-refractivity contribution in [2.24, 2.45) is 0 Å². The van der Waals surface area contributed by atoms with Crippen LogP contribution in [0.2, 0.25) is 0 Å². The van der Waals surface area contributed by atoms with Gasteiger partial charge in [-0.05, 0) is 37.1 Å². The number of nitrogen functional groups attached to an aromatic ring is 2. The molecule has 0 saturated carbocycles. The van der Waals surface area contributed by atoms with Gasteiger partial charge in [-0.1, -0.05) is 6.58 Å². The monoisotopic (exact) mass is 314 g/mol. The SMILES string of the molecule is C=C(C)c1c(OC)cc(Cc2cnc(N)nc2N)cc1OCC. The fourth-order valence-corrected chi connectivity index (χ4v) is 2.39. The second kappa shape index (κ2) is 7.00. The van der Waals surface area contributed by atoms with E-state index in [-0.39, 0.29) is 5.95 Å². The number of methoxy groups -OCH3 is 1. The average Bonchev–Trinajstić information content (AvgIpc) is 2.49. The number of aromatic nitrogens is 2. The molecule has 0 radical (unpaired) electrons. The first-order chi connectivity index (χ1) is 11.0. The van der Waals surface area contributed by atoms with Crippen molar-refractivity contribution >= 4 is 17.3 Å². The maximum atomic E-state index is 5.91. The molecule has 2 rings (SSSR count). The summed E-state index contributed by atoms with van der Waals surface area (Å²) < 4.78 is 11.2. The number of nitrogens with zero attached hydrogens (tertiary/aromatic N) is 2. The lowest BCUT2D eigenvalue weighted by Gasteiger charge is -2.16. The molecule has 0 spiro atoms. The van der Waals surface area contributed by atoms with E-state index in [0.717, 1.165) is 28.0 Å². The highest BCUT2D eigenvalue weighted by molar-refractivity contribution is 5.73. The van der Waals surface area contributed by atoms with Crippen molar-refractivity contribution in [1.29, 1.82) is 0 Å². The second-order valence-corrected chi connectivity index (χ2v) is 5.20. The van der Waals surface area contributed by atoms with Crippen LogP contribution in [0.15, 0.2) is 24.9 Å². The van der Waals surface area contributed by atoms with Gasteiger partial charge in [0.25, 0.3) is 0 Å². The van der Waals surface area contributed by atoms with Gasteiger partial charge >= 0.3 is 0 Å². The summed E-state index contributed by atoms with van der Waals surface area (Å²) in [6.45, 7) is 8.42. The van der Waals surface area contributed by atoms with Gasteiger partial charge in [-0.2, -0.15) is 4.98 Å². The Hall–Kier alpha value is -2.76. The molecule has 122 valence electrons. The molecule has 6 heteroatoms. The molecule has 1 heterocycles. The predicted octanol–water partition coefficient (Wildman–Crippen LogP) is 2.67. The fourth-order valence-electron chi connectivity index (χ4n) is 2.39. The average molecular weight is 314 g/mol. The van der Waals surface area contributed by atoms with Crippen LogP contribution in [0.25, 0.3) is 5.57 Å². The molecule has 0 aliphatic heterocycles. The molecule has 0 amide bonds. The largest absolute Gasteiger partial charge is 0.496 e. The second-order valence-electron chi connectivity index (χ2n) is 5.20. The molecule has 6 nitrogen and oxygen atoms in total. The van der Waals surface area contributed by atoms with E-state index in [1.165, 1.54) is 0 Å². The van der Waals surface area contributed by atoms with Crippen molar-refractivity contribution in [2.75, 3.05) is 25.2 Å². The summed E-state index contributed by atoms with van der Waals surface area (Å²) in [5.41, 5.74) is 15.0. The van der Waals surface area contributed by atoms with E-state index in [2.05, 4.69) is 16.5 Å². The van der Waals surface area contributed by atoms with Crippen LogP contribution in [0.3, 0.4) is 0 Å². The van der Waals surface area contributed by atoms with Gasteiger partial charge in [0, 0.05) is 18.2 Å². The maximum Gasteiger partial charge on any atom is 0.221 e. The summed E-state index contributed by atoms with van der Waals surface area (Å²) in [7, 11) is 1.63. The summed E-state index contributed by atoms with van der Waals surface area (Å²) in [5, 5.41) is 0. The van der Waals surface area contributed by atoms with Crippen LogP contribution >= 0.6 is 0 Å². The predicted molar refractivity (Wildman–Crippen MR) is 92.5 cm³/mol. The summed E-state index contributed by atoms with van der Waals surface area (Å²) in [6.07, 6.45) is 2.19. The number of benzene rings is 1. The van der Waals surface area contributed by atoms with Crippen LogP contribution in [-0.2, 0) is 6.42 Å². The molecule has 4 N–H and O–H groups in total. The van der Waals surface area contributed by atoms with E-state index >= 15 is 0 Å². The lowest BCUT2D eigenvalue weighted by atomic mass is 10.00. The molecule has 0 bridgehead atoms. The van der Waals surface area contributed by atoms with Crippen LogP contribution in [0.5, 0.6) is 11.5 Å². The molecule has 1 aromatic carbocycles. The molecule has 0 unspecified atom stereocenters. The lowest BCUT2D eigenvalue weighted by molar-refractivity contribution is 0.334. The standard InChI is InChI=1S/C17H22N4O2/c1-5-23-14-8-11(7-13(22-4)15(14)10(2)3)6-12-9-20-17(19)21-16(12)18/h7-9H,2,5-6H2,1,3-4H3,(H4,18,19,20,21). The zero-order valence-corrected chi connectivity index (χ0v) is 13.7. The van der Waals surface area contributed by atoms with Crippen molar-refractivity contribution in [2.45, 2.75) is 20.3 Å². The Balaban J connectivity index is 2.46. The zero-order valence-electron chi connectivity index (χ0n) is 13.7. The van der Waals surface area contributed by atoms with E-state index in [1.54, 1.807) is 13.3 Å². The molecule has 0 aliphatic rings. The van der Waals surface area contributed by atoms with Crippen molar-refractivity contribution in [3.05, 3.63) is 41.6 Å². The first-order valence-electron chi connectivity index (χ1n) is 7.32. The van der Waals surface area contributed by atoms with Crippen molar-refractivity contribution in [3.8, 4) is 11.5 Å². The molecule has 0 atom stereocenters. The third kappa shape index (κ3) is 3.71. The molecule has 2 aromatic rings. The number of ether oxygens (including phenoxy) is 2. The first-order valence-corrected chi connectivity index (χ1v) is 7.32.